The second kappa shape index (κ2) is 10.7. The number of aliphatic imine (C=N–C) groups is 1. The second-order valence-electron chi connectivity index (χ2n) is 7.10. The number of aliphatic hydroxyl groups is 1. The Morgan fingerprint density at radius 2 is 1.85 bits per heavy atom. The summed E-state index contributed by atoms with van der Waals surface area (Å²) in [4.78, 5) is 4.99. The fourth-order valence-corrected chi connectivity index (χ4v) is 4.15. The van der Waals surface area contributed by atoms with Gasteiger partial charge in [0.2, 0.25) is 0 Å². The SMILES string of the molecule is CCNC(=NCc1ccc(S(C)(=O)=O)c(C)c1)NCC(CC)(CC)CCO. The van der Waals surface area contributed by atoms with Crippen LogP contribution in [0.3, 0.4) is 0 Å². The van der Waals surface area contributed by atoms with Gasteiger partial charge in [0, 0.05) is 26.0 Å². The quantitative estimate of drug-likeness (QED) is 0.417. The van der Waals surface area contributed by atoms with E-state index in [2.05, 4.69) is 29.5 Å². The second-order valence-corrected chi connectivity index (χ2v) is 9.09. The third kappa shape index (κ3) is 7.14. The lowest BCUT2D eigenvalue weighted by Crippen LogP contribution is -2.43. The van der Waals surface area contributed by atoms with Crippen LogP contribution in [0.5, 0.6) is 0 Å². The minimum absolute atomic E-state index is 0.0542. The van der Waals surface area contributed by atoms with Crippen molar-refractivity contribution in [3.63, 3.8) is 0 Å². The Bertz CT molecular complexity index is 726. The molecule has 1 aromatic carbocycles. The number of sulfone groups is 1. The highest BCUT2D eigenvalue weighted by atomic mass is 32.2. The average molecular weight is 398 g/mol. The highest BCUT2D eigenvalue weighted by molar-refractivity contribution is 7.90. The summed E-state index contributed by atoms with van der Waals surface area (Å²) in [6.45, 7) is 10.3. The van der Waals surface area contributed by atoms with Crippen molar-refractivity contribution in [2.75, 3.05) is 26.0 Å². The van der Waals surface area contributed by atoms with Gasteiger partial charge >= 0.3 is 0 Å². The lowest BCUT2D eigenvalue weighted by atomic mass is 9.79. The molecule has 27 heavy (non-hydrogen) atoms. The molecule has 0 aliphatic carbocycles. The molecule has 0 aliphatic rings. The number of aryl methyl sites for hydroxylation is 1. The molecule has 0 saturated heterocycles. The van der Waals surface area contributed by atoms with E-state index in [1.165, 1.54) is 6.26 Å². The molecule has 6 nitrogen and oxygen atoms in total. The molecule has 0 radical (unpaired) electrons. The predicted molar refractivity (Wildman–Crippen MR) is 112 cm³/mol. The van der Waals surface area contributed by atoms with Crippen LogP contribution in [0.15, 0.2) is 28.1 Å². The molecule has 1 rings (SSSR count). The zero-order valence-corrected chi connectivity index (χ0v) is 18.1. The van der Waals surface area contributed by atoms with Crippen molar-refractivity contribution >= 4 is 15.8 Å². The highest BCUT2D eigenvalue weighted by Gasteiger charge is 2.25. The van der Waals surface area contributed by atoms with E-state index >= 15 is 0 Å². The largest absolute Gasteiger partial charge is 0.396 e. The van der Waals surface area contributed by atoms with Gasteiger partial charge in [0.15, 0.2) is 15.8 Å². The number of aliphatic hydroxyl groups excluding tert-OH is 1. The van der Waals surface area contributed by atoms with Gasteiger partial charge < -0.3 is 15.7 Å². The number of guanidine groups is 1. The summed E-state index contributed by atoms with van der Waals surface area (Å²) in [5.41, 5.74) is 1.75. The van der Waals surface area contributed by atoms with Gasteiger partial charge in [-0.15, -0.1) is 0 Å². The Labute approximate surface area is 164 Å². The lowest BCUT2D eigenvalue weighted by molar-refractivity contribution is 0.169. The van der Waals surface area contributed by atoms with Crippen LogP contribution < -0.4 is 10.6 Å². The van der Waals surface area contributed by atoms with E-state index < -0.39 is 9.84 Å². The number of nitrogens with one attached hydrogen (secondary N) is 2. The summed E-state index contributed by atoms with van der Waals surface area (Å²) in [6, 6.07) is 5.33. The Balaban J connectivity index is 2.89. The maximum atomic E-state index is 11.7. The Morgan fingerprint density at radius 1 is 1.19 bits per heavy atom. The fourth-order valence-electron chi connectivity index (χ4n) is 3.19. The van der Waals surface area contributed by atoms with Gasteiger partial charge in [0.25, 0.3) is 0 Å². The van der Waals surface area contributed by atoms with Gasteiger partial charge in [-0.3, -0.25) is 0 Å². The van der Waals surface area contributed by atoms with Crippen LogP contribution in [0, 0.1) is 12.3 Å². The number of hydrogen-bond acceptors (Lipinski definition) is 4. The van der Waals surface area contributed by atoms with Crippen molar-refractivity contribution in [2.45, 2.75) is 58.4 Å². The van der Waals surface area contributed by atoms with E-state index in [1.54, 1.807) is 13.0 Å². The van der Waals surface area contributed by atoms with E-state index in [-0.39, 0.29) is 12.0 Å². The molecule has 0 bridgehead atoms. The minimum atomic E-state index is -3.21. The van der Waals surface area contributed by atoms with E-state index in [4.69, 9.17) is 0 Å². The zero-order valence-electron chi connectivity index (χ0n) is 17.3. The molecule has 154 valence electrons. The van der Waals surface area contributed by atoms with Gasteiger partial charge in [0.05, 0.1) is 11.4 Å². The van der Waals surface area contributed by atoms with Crippen molar-refractivity contribution in [2.24, 2.45) is 10.4 Å². The summed E-state index contributed by atoms with van der Waals surface area (Å²) in [6.07, 6.45) is 3.96. The summed E-state index contributed by atoms with van der Waals surface area (Å²) in [5, 5.41) is 16.0. The van der Waals surface area contributed by atoms with Crippen molar-refractivity contribution in [3.05, 3.63) is 29.3 Å². The van der Waals surface area contributed by atoms with E-state index in [1.807, 2.05) is 19.1 Å². The monoisotopic (exact) mass is 397 g/mol. The molecular weight excluding hydrogens is 362 g/mol. The first-order chi connectivity index (χ1) is 12.7. The van der Waals surface area contributed by atoms with Crippen molar-refractivity contribution in [3.8, 4) is 0 Å². The summed E-state index contributed by atoms with van der Waals surface area (Å²) < 4.78 is 23.5. The van der Waals surface area contributed by atoms with Crippen molar-refractivity contribution in [1.29, 1.82) is 0 Å². The number of benzene rings is 1. The highest BCUT2D eigenvalue weighted by Crippen LogP contribution is 2.29. The molecule has 0 unspecified atom stereocenters. The summed E-state index contributed by atoms with van der Waals surface area (Å²) >= 11 is 0. The molecule has 0 atom stereocenters. The van der Waals surface area contributed by atoms with Gasteiger partial charge in [-0.05, 0) is 55.7 Å². The first-order valence-corrected chi connectivity index (χ1v) is 11.5. The smallest absolute Gasteiger partial charge is 0.191 e. The first kappa shape index (κ1) is 23.4. The van der Waals surface area contributed by atoms with Crippen LogP contribution in [0.25, 0.3) is 0 Å². The van der Waals surface area contributed by atoms with Crippen LogP contribution >= 0.6 is 0 Å². The van der Waals surface area contributed by atoms with Crippen molar-refractivity contribution < 1.29 is 13.5 Å². The number of nitrogens with zero attached hydrogens (tertiary/aromatic N) is 1. The molecule has 0 aromatic heterocycles. The van der Waals surface area contributed by atoms with Crippen LogP contribution in [-0.4, -0.2) is 45.4 Å². The predicted octanol–water partition coefficient (Wildman–Crippen LogP) is 2.64. The molecule has 0 saturated carbocycles. The van der Waals surface area contributed by atoms with E-state index in [0.717, 1.165) is 49.4 Å². The minimum Gasteiger partial charge on any atom is -0.396 e. The average Bonchev–Trinajstić information content (AvgIpc) is 2.62. The fraction of sp³-hybridized carbons (Fsp3) is 0.650. The number of hydrogen-bond donors (Lipinski definition) is 3. The third-order valence-corrected chi connectivity index (χ3v) is 6.43. The first-order valence-electron chi connectivity index (χ1n) is 9.64. The van der Waals surface area contributed by atoms with Gasteiger partial charge in [-0.25, -0.2) is 13.4 Å². The molecule has 0 spiro atoms. The maximum Gasteiger partial charge on any atom is 0.191 e. The molecule has 0 fully saturated rings. The van der Waals surface area contributed by atoms with E-state index in [9.17, 15) is 13.5 Å². The van der Waals surface area contributed by atoms with Crippen LogP contribution in [0.4, 0.5) is 0 Å². The molecule has 0 aliphatic heterocycles. The summed E-state index contributed by atoms with van der Waals surface area (Å²) in [7, 11) is -3.21. The maximum absolute atomic E-state index is 11.7. The van der Waals surface area contributed by atoms with E-state index in [0.29, 0.717) is 11.4 Å². The molecule has 3 N–H and O–H groups in total. The van der Waals surface area contributed by atoms with Crippen LogP contribution in [0.2, 0.25) is 0 Å². The Kier molecular flexibility index (Phi) is 9.26. The van der Waals surface area contributed by atoms with Gasteiger partial charge in [0.1, 0.15) is 0 Å². The molecule has 0 heterocycles. The molecule has 1 aromatic rings. The molecular formula is C20H35N3O3S. The van der Waals surface area contributed by atoms with Crippen LogP contribution in [-0.2, 0) is 16.4 Å². The Morgan fingerprint density at radius 3 is 2.33 bits per heavy atom. The topological polar surface area (TPSA) is 90.8 Å². The van der Waals surface area contributed by atoms with Gasteiger partial charge in [-0.2, -0.15) is 0 Å². The molecule has 0 amide bonds. The lowest BCUT2D eigenvalue weighted by Gasteiger charge is -2.32. The van der Waals surface area contributed by atoms with Crippen molar-refractivity contribution in [1.82, 2.24) is 10.6 Å². The summed E-state index contributed by atoms with van der Waals surface area (Å²) in [5.74, 6) is 0.728. The van der Waals surface area contributed by atoms with Gasteiger partial charge in [-0.1, -0.05) is 26.0 Å². The van der Waals surface area contributed by atoms with Crippen LogP contribution in [0.1, 0.15) is 51.2 Å². The standard InChI is InChI=1S/C20H35N3O3S/c1-6-20(7-2,11-12-24)15-23-19(21-8-3)22-14-17-9-10-18(16(4)13-17)27(5,25)26/h9-10,13,24H,6-8,11-12,14-15H2,1-5H3,(H2,21,22,23). The molecule has 7 heteroatoms. The Hall–Kier alpha value is -1.60. The number of rotatable bonds is 10. The third-order valence-electron chi connectivity index (χ3n) is 5.18. The zero-order chi connectivity index (χ0) is 20.5. The normalized spacial score (nSPS) is 12.9.